The number of hydrogen-bond donors (Lipinski definition) is 1. The Morgan fingerprint density at radius 1 is 0.967 bits per heavy atom. The van der Waals surface area contributed by atoms with E-state index in [1.807, 2.05) is 24.3 Å². The van der Waals surface area contributed by atoms with E-state index in [0.29, 0.717) is 48.4 Å². The molecule has 2 aromatic carbocycles. The maximum absolute atomic E-state index is 12.8. The zero-order valence-corrected chi connectivity index (χ0v) is 17.6. The first-order valence-corrected chi connectivity index (χ1v) is 10.3. The molecule has 2 heterocycles. The molecule has 0 aliphatic carbocycles. The summed E-state index contributed by atoms with van der Waals surface area (Å²) in [7, 11) is 3.09. The zero-order chi connectivity index (χ0) is 21.1. The minimum absolute atomic E-state index is 0.0952. The average Bonchev–Trinajstić information content (AvgIpc) is 3.20. The van der Waals surface area contributed by atoms with Gasteiger partial charge in [0.25, 0.3) is 5.91 Å². The van der Waals surface area contributed by atoms with Crippen LogP contribution in [-0.2, 0) is 0 Å². The van der Waals surface area contributed by atoms with Crippen LogP contribution in [0, 0.1) is 0 Å². The number of nitrogens with one attached hydrogen (secondary N) is 1. The van der Waals surface area contributed by atoms with Crippen LogP contribution >= 0.6 is 11.3 Å². The number of rotatable bonds is 4. The average molecular weight is 426 g/mol. The molecule has 1 aliphatic heterocycles. The van der Waals surface area contributed by atoms with Crippen molar-refractivity contribution in [2.75, 3.05) is 45.7 Å². The quantitative estimate of drug-likeness (QED) is 0.692. The van der Waals surface area contributed by atoms with Crippen molar-refractivity contribution in [1.82, 2.24) is 14.8 Å². The Hall–Kier alpha value is -3.33. The van der Waals surface area contributed by atoms with Crippen molar-refractivity contribution in [3.63, 3.8) is 0 Å². The van der Waals surface area contributed by atoms with Crippen LogP contribution < -0.4 is 14.8 Å². The number of carbonyl (C=O) groups excluding carboxylic acids is 2. The maximum Gasteiger partial charge on any atom is 0.323 e. The minimum Gasteiger partial charge on any atom is -0.493 e. The van der Waals surface area contributed by atoms with Gasteiger partial charge in [0.05, 0.1) is 24.4 Å². The number of para-hydroxylation sites is 1. The van der Waals surface area contributed by atoms with Crippen molar-refractivity contribution in [3.05, 3.63) is 48.0 Å². The van der Waals surface area contributed by atoms with Gasteiger partial charge in [-0.3, -0.25) is 10.1 Å². The van der Waals surface area contributed by atoms with Gasteiger partial charge >= 0.3 is 6.03 Å². The van der Waals surface area contributed by atoms with E-state index < -0.39 is 0 Å². The molecule has 9 heteroatoms. The topological polar surface area (TPSA) is 84.0 Å². The van der Waals surface area contributed by atoms with Crippen molar-refractivity contribution < 1.29 is 19.1 Å². The first-order valence-electron chi connectivity index (χ1n) is 9.52. The first-order chi connectivity index (χ1) is 14.6. The van der Waals surface area contributed by atoms with Gasteiger partial charge in [-0.25, -0.2) is 9.78 Å². The molecule has 0 spiro atoms. The molecule has 1 aromatic heterocycles. The van der Waals surface area contributed by atoms with Gasteiger partial charge < -0.3 is 19.3 Å². The molecular formula is C21H22N4O4S. The molecule has 0 unspecified atom stereocenters. The number of ether oxygens (including phenoxy) is 2. The third kappa shape index (κ3) is 4.02. The minimum atomic E-state index is -0.202. The molecule has 1 saturated heterocycles. The van der Waals surface area contributed by atoms with E-state index in [-0.39, 0.29) is 11.9 Å². The van der Waals surface area contributed by atoms with Gasteiger partial charge in [-0.2, -0.15) is 0 Å². The number of aromatic nitrogens is 1. The molecular weight excluding hydrogens is 404 g/mol. The van der Waals surface area contributed by atoms with E-state index in [4.69, 9.17) is 9.47 Å². The summed E-state index contributed by atoms with van der Waals surface area (Å²) >= 11 is 1.44. The highest BCUT2D eigenvalue weighted by molar-refractivity contribution is 7.22. The van der Waals surface area contributed by atoms with Crippen molar-refractivity contribution in [3.8, 4) is 11.5 Å². The van der Waals surface area contributed by atoms with Crippen molar-refractivity contribution >= 4 is 38.6 Å². The van der Waals surface area contributed by atoms with Crippen LogP contribution in [0.15, 0.2) is 42.5 Å². The SMILES string of the molecule is COc1ccc(C(=O)N2CCN(C(=O)Nc3nc4ccccc4s3)CC2)cc1OC. The monoisotopic (exact) mass is 426 g/mol. The summed E-state index contributed by atoms with van der Waals surface area (Å²) in [6.45, 7) is 1.83. The molecule has 30 heavy (non-hydrogen) atoms. The number of urea groups is 1. The van der Waals surface area contributed by atoms with Crippen molar-refractivity contribution in [2.24, 2.45) is 0 Å². The Kier molecular flexibility index (Phi) is 5.71. The molecule has 1 aliphatic rings. The summed E-state index contributed by atoms with van der Waals surface area (Å²) in [5.74, 6) is 0.991. The summed E-state index contributed by atoms with van der Waals surface area (Å²) in [5.41, 5.74) is 1.39. The van der Waals surface area contributed by atoms with Gasteiger partial charge in [0, 0.05) is 31.7 Å². The normalized spacial score (nSPS) is 13.9. The predicted octanol–water partition coefficient (Wildman–Crippen LogP) is 3.30. The van der Waals surface area contributed by atoms with E-state index in [1.165, 1.54) is 18.4 Å². The Morgan fingerprint density at radius 2 is 1.67 bits per heavy atom. The number of methoxy groups -OCH3 is 2. The number of fused-ring (bicyclic) bond motifs is 1. The van der Waals surface area contributed by atoms with Crippen LogP contribution in [0.4, 0.5) is 9.93 Å². The highest BCUT2D eigenvalue weighted by atomic mass is 32.1. The second-order valence-corrected chi connectivity index (χ2v) is 7.80. The van der Waals surface area contributed by atoms with E-state index in [0.717, 1.165) is 10.2 Å². The highest BCUT2D eigenvalue weighted by Gasteiger charge is 2.26. The van der Waals surface area contributed by atoms with Gasteiger partial charge in [0.1, 0.15) is 0 Å². The van der Waals surface area contributed by atoms with Crippen LogP contribution in [0.2, 0.25) is 0 Å². The number of thiazole rings is 1. The van der Waals surface area contributed by atoms with Crippen molar-refractivity contribution in [1.29, 1.82) is 0 Å². The second-order valence-electron chi connectivity index (χ2n) is 6.77. The molecule has 1 fully saturated rings. The number of benzene rings is 2. The lowest BCUT2D eigenvalue weighted by molar-refractivity contribution is 0.0671. The predicted molar refractivity (Wildman–Crippen MR) is 116 cm³/mol. The smallest absolute Gasteiger partial charge is 0.323 e. The standard InChI is InChI=1S/C21H22N4O4S/c1-28-16-8-7-14(13-17(16)29-2)19(26)24-9-11-25(12-10-24)21(27)23-20-22-15-5-3-4-6-18(15)30-20/h3-8,13H,9-12H2,1-2H3,(H,22,23,27). The van der Waals surface area contributed by atoms with Crippen LogP contribution in [0.3, 0.4) is 0 Å². The van der Waals surface area contributed by atoms with Crippen molar-refractivity contribution in [2.45, 2.75) is 0 Å². The van der Waals surface area contributed by atoms with Gasteiger partial charge in [-0.15, -0.1) is 0 Å². The summed E-state index contributed by atoms with van der Waals surface area (Å²) in [5, 5.41) is 3.44. The van der Waals surface area contributed by atoms with E-state index in [1.54, 1.807) is 35.1 Å². The zero-order valence-electron chi connectivity index (χ0n) is 16.8. The van der Waals surface area contributed by atoms with E-state index in [9.17, 15) is 9.59 Å². The number of amides is 3. The maximum atomic E-state index is 12.8. The Balaban J connectivity index is 1.36. The fraction of sp³-hybridized carbons (Fsp3) is 0.286. The number of hydrogen-bond acceptors (Lipinski definition) is 6. The molecule has 3 aromatic rings. The second kappa shape index (κ2) is 8.58. The fourth-order valence-electron chi connectivity index (χ4n) is 3.36. The Bertz CT molecular complexity index is 1040. The number of carbonyl (C=O) groups is 2. The Morgan fingerprint density at radius 3 is 2.37 bits per heavy atom. The molecule has 1 N–H and O–H groups in total. The summed E-state index contributed by atoms with van der Waals surface area (Å²) in [4.78, 5) is 33.3. The van der Waals surface area contributed by atoms with Gasteiger partial charge in [0.2, 0.25) is 0 Å². The van der Waals surface area contributed by atoms with E-state index >= 15 is 0 Å². The molecule has 4 rings (SSSR count). The molecule has 0 radical (unpaired) electrons. The molecule has 8 nitrogen and oxygen atoms in total. The van der Waals surface area contributed by atoms with Crippen LogP contribution in [0.5, 0.6) is 11.5 Å². The van der Waals surface area contributed by atoms with Gasteiger partial charge in [-0.05, 0) is 30.3 Å². The lowest BCUT2D eigenvalue weighted by Crippen LogP contribution is -2.51. The van der Waals surface area contributed by atoms with E-state index in [2.05, 4.69) is 10.3 Å². The van der Waals surface area contributed by atoms with Crippen LogP contribution in [0.1, 0.15) is 10.4 Å². The third-order valence-electron chi connectivity index (χ3n) is 4.99. The molecule has 156 valence electrons. The summed E-state index contributed by atoms with van der Waals surface area (Å²) in [6, 6.07) is 12.7. The lowest BCUT2D eigenvalue weighted by atomic mass is 10.1. The van der Waals surface area contributed by atoms with Gasteiger partial charge in [-0.1, -0.05) is 23.5 Å². The number of anilines is 1. The fourth-order valence-corrected chi connectivity index (χ4v) is 4.22. The lowest BCUT2D eigenvalue weighted by Gasteiger charge is -2.34. The van der Waals surface area contributed by atoms with Crippen LogP contribution in [0.25, 0.3) is 10.2 Å². The largest absolute Gasteiger partial charge is 0.493 e. The molecule has 0 atom stereocenters. The number of nitrogens with zero attached hydrogens (tertiary/aromatic N) is 3. The molecule has 0 saturated carbocycles. The molecule has 3 amide bonds. The first kappa shape index (κ1) is 20.0. The Labute approximate surface area is 178 Å². The number of piperazine rings is 1. The highest BCUT2D eigenvalue weighted by Crippen LogP contribution is 2.28. The molecule has 0 bridgehead atoms. The van der Waals surface area contributed by atoms with Gasteiger partial charge in [0.15, 0.2) is 16.6 Å². The van der Waals surface area contributed by atoms with Crippen LogP contribution in [-0.4, -0.2) is 67.1 Å². The summed E-state index contributed by atoms with van der Waals surface area (Å²) in [6.07, 6.45) is 0. The summed E-state index contributed by atoms with van der Waals surface area (Å²) < 4.78 is 11.5. The third-order valence-corrected chi connectivity index (χ3v) is 5.94.